The summed E-state index contributed by atoms with van der Waals surface area (Å²) in [5.74, 6) is -0.284. The van der Waals surface area contributed by atoms with Crippen LogP contribution in [0.25, 0.3) is 10.9 Å². The molecule has 0 unspecified atom stereocenters. The number of esters is 1. The van der Waals surface area contributed by atoms with E-state index < -0.39 is 0 Å². The Morgan fingerprint density at radius 2 is 1.83 bits per heavy atom. The third-order valence-corrected chi connectivity index (χ3v) is 3.89. The number of pyridine rings is 1. The van der Waals surface area contributed by atoms with Crippen LogP contribution in [0.15, 0.2) is 60.7 Å². The molecule has 4 nitrogen and oxygen atoms in total. The van der Waals surface area contributed by atoms with E-state index in [-0.39, 0.29) is 12.4 Å². The van der Waals surface area contributed by atoms with E-state index in [1.54, 1.807) is 0 Å². The van der Waals surface area contributed by atoms with E-state index in [9.17, 15) is 4.79 Å². The van der Waals surface area contributed by atoms with E-state index in [0.29, 0.717) is 5.69 Å². The fourth-order valence-electron chi connectivity index (χ4n) is 2.67. The minimum absolute atomic E-state index is 0.175. The van der Waals surface area contributed by atoms with Crippen LogP contribution in [0.4, 0.5) is 5.69 Å². The summed E-state index contributed by atoms with van der Waals surface area (Å²) < 4.78 is 4.75. The number of hydrogen-bond donors (Lipinski definition) is 1. The quantitative estimate of drug-likeness (QED) is 0.705. The fraction of sp³-hybridized carbons (Fsp3) is 0.200. The van der Waals surface area contributed by atoms with Gasteiger partial charge in [-0.3, -0.25) is 9.78 Å². The number of hydrogen-bond acceptors (Lipinski definition) is 4. The van der Waals surface area contributed by atoms with Gasteiger partial charge in [-0.05, 0) is 24.1 Å². The van der Waals surface area contributed by atoms with Crippen LogP contribution < -0.4 is 5.32 Å². The lowest BCUT2D eigenvalue weighted by molar-refractivity contribution is -0.139. The molecule has 0 amide bonds. The van der Waals surface area contributed by atoms with Crippen LogP contribution in [-0.2, 0) is 22.4 Å². The van der Waals surface area contributed by atoms with Crippen LogP contribution in [0.2, 0.25) is 0 Å². The molecule has 0 radical (unpaired) electrons. The van der Waals surface area contributed by atoms with Crippen LogP contribution in [0.5, 0.6) is 0 Å². The maximum atomic E-state index is 11.5. The molecular weight excluding hydrogens is 300 g/mol. The van der Waals surface area contributed by atoms with Crippen LogP contribution in [-0.4, -0.2) is 24.6 Å². The summed E-state index contributed by atoms with van der Waals surface area (Å²) in [6.07, 6.45) is 1.11. The van der Waals surface area contributed by atoms with Crippen LogP contribution >= 0.6 is 0 Å². The molecule has 0 aliphatic heterocycles. The Morgan fingerprint density at radius 1 is 1.08 bits per heavy atom. The number of nitrogens with zero attached hydrogens (tertiary/aromatic N) is 1. The number of rotatable bonds is 6. The van der Waals surface area contributed by atoms with Crippen molar-refractivity contribution in [3.8, 4) is 0 Å². The molecule has 3 rings (SSSR count). The monoisotopic (exact) mass is 320 g/mol. The van der Waals surface area contributed by atoms with E-state index in [1.807, 2.05) is 48.5 Å². The van der Waals surface area contributed by atoms with Gasteiger partial charge in [0.05, 0.1) is 24.7 Å². The first kappa shape index (κ1) is 16.0. The molecule has 1 N–H and O–H groups in total. The summed E-state index contributed by atoms with van der Waals surface area (Å²) in [5, 5.41) is 4.53. The predicted molar refractivity (Wildman–Crippen MR) is 96.1 cm³/mol. The van der Waals surface area contributed by atoms with E-state index in [4.69, 9.17) is 4.74 Å². The number of carbonyl (C=O) groups excluding carboxylic acids is 1. The Morgan fingerprint density at radius 3 is 2.62 bits per heavy atom. The molecule has 0 aliphatic rings. The highest BCUT2D eigenvalue weighted by molar-refractivity contribution is 5.92. The fourth-order valence-corrected chi connectivity index (χ4v) is 2.67. The van der Waals surface area contributed by atoms with Gasteiger partial charge in [0.25, 0.3) is 0 Å². The number of ether oxygens (including phenoxy) is 1. The van der Waals surface area contributed by atoms with Crippen molar-refractivity contribution in [2.24, 2.45) is 0 Å². The largest absolute Gasteiger partial charge is 0.469 e. The van der Waals surface area contributed by atoms with E-state index in [2.05, 4.69) is 22.4 Å². The van der Waals surface area contributed by atoms with Crippen molar-refractivity contribution in [1.29, 1.82) is 0 Å². The van der Waals surface area contributed by atoms with Gasteiger partial charge in [-0.25, -0.2) is 0 Å². The van der Waals surface area contributed by atoms with Crippen molar-refractivity contribution in [3.63, 3.8) is 0 Å². The lowest BCUT2D eigenvalue weighted by atomic mass is 10.1. The maximum Gasteiger partial charge on any atom is 0.311 e. The second-order valence-corrected chi connectivity index (χ2v) is 5.59. The summed E-state index contributed by atoms with van der Waals surface area (Å²) in [5.41, 5.74) is 3.87. The summed E-state index contributed by atoms with van der Waals surface area (Å²) in [6.45, 7) is 0.815. The van der Waals surface area contributed by atoms with Gasteiger partial charge >= 0.3 is 5.97 Å². The normalized spacial score (nSPS) is 10.5. The van der Waals surface area contributed by atoms with Gasteiger partial charge in [-0.1, -0.05) is 48.5 Å². The Kier molecular flexibility index (Phi) is 5.06. The highest BCUT2D eigenvalue weighted by atomic mass is 16.5. The molecule has 0 atom stereocenters. The number of aromatic nitrogens is 1. The van der Waals surface area contributed by atoms with Crippen molar-refractivity contribution >= 4 is 22.6 Å². The molecule has 24 heavy (non-hydrogen) atoms. The van der Waals surface area contributed by atoms with E-state index >= 15 is 0 Å². The average molecular weight is 320 g/mol. The zero-order chi connectivity index (χ0) is 16.8. The molecule has 0 saturated heterocycles. The molecule has 0 saturated carbocycles. The first-order chi connectivity index (χ1) is 11.8. The first-order valence-electron chi connectivity index (χ1n) is 7.99. The van der Waals surface area contributed by atoms with Gasteiger partial charge in [0, 0.05) is 17.6 Å². The lowest BCUT2D eigenvalue weighted by Crippen LogP contribution is -2.09. The van der Waals surface area contributed by atoms with Crippen molar-refractivity contribution in [3.05, 3.63) is 71.9 Å². The van der Waals surface area contributed by atoms with Crippen LogP contribution in [0.1, 0.15) is 11.3 Å². The highest BCUT2D eigenvalue weighted by Gasteiger charge is 2.09. The Labute approximate surface area is 141 Å². The van der Waals surface area contributed by atoms with Gasteiger partial charge in [0.2, 0.25) is 0 Å². The number of methoxy groups -OCH3 is 1. The zero-order valence-corrected chi connectivity index (χ0v) is 13.7. The lowest BCUT2D eigenvalue weighted by Gasteiger charge is -2.12. The maximum absolute atomic E-state index is 11.5. The molecule has 4 heteroatoms. The molecule has 1 heterocycles. The number of nitrogens with one attached hydrogen (secondary N) is 1. The van der Waals surface area contributed by atoms with Gasteiger partial charge in [-0.15, -0.1) is 0 Å². The number of anilines is 1. The first-order valence-corrected chi connectivity index (χ1v) is 7.99. The minimum Gasteiger partial charge on any atom is -0.469 e. The molecule has 0 spiro atoms. The van der Waals surface area contributed by atoms with E-state index in [0.717, 1.165) is 29.6 Å². The van der Waals surface area contributed by atoms with Gasteiger partial charge in [-0.2, -0.15) is 0 Å². The summed E-state index contributed by atoms with van der Waals surface area (Å²) in [4.78, 5) is 16.1. The number of benzene rings is 2. The molecule has 122 valence electrons. The zero-order valence-electron chi connectivity index (χ0n) is 13.7. The third kappa shape index (κ3) is 3.90. The smallest absolute Gasteiger partial charge is 0.311 e. The van der Waals surface area contributed by atoms with E-state index in [1.165, 1.54) is 12.7 Å². The average Bonchev–Trinajstić information content (AvgIpc) is 2.62. The number of para-hydroxylation sites is 1. The topological polar surface area (TPSA) is 51.2 Å². The molecule has 0 aliphatic carbocycles. The van der Waals surface area contributed by atoms with Gasteiger partial charge < -0.3 is 10.1 Å². The van der Waals surface area contributed by atoms with Crippen molar-refractivity contribution in [2.45, 2.75) is 12.8 Å². The second kappa shape index (κ2) is 7.59. The predicted octanol–water partition coefficient (Wildman–Crippen LogP) is 3.60. The summed E-state index contributed by atoms with van der Waals surface area (Å²) >= 11 is 0. The Balaban J connectivity index is 1.80. The molecule has 3 aromatic rings. The third-order valence-electron chi connectivity index (χ3n) is 3.89. The summed E-state index contributed by atoms with van der Waals surface area (Å²) in [6, 6.07) is 20.2. The summed E-state index contributed by atoms with van der Waals surface area (Å²) in [7, 11) is 1.39. The Bertz CT molecular complexity index is 831. The minimum atomic E-state index is -0.284. The highest BCUT2D eigenvalue weighted by Crippen LogP contribution is 2.23. The molecule has 1 aromatic heterocycles. The second-order valence-electron chi connectivity index (χ2n) is 5.59. The SMILES string of the molecule is COC(=O)Cc1cc(NCCc2ccccc2)c2ccccc2n1. The van der Waals surface area contributed by atoms with Crippen molar-refractivity contribution in [2.75, 3.05) is 19.0 Å². The van der Waals surface area contributed by atoms with Crippen LogP contribution in [0, 0.1) is 0 Å². The van der Waals surface area contributed by atoms with Crippen LogP contribution in [0.3, 0.4) is 0 Å². The molecule has 0 fully saturated rings. The standard InChI is InChI=1S/C20H20N2O2/c1-24-20(23)14-16-13-19(17-9-5-6-10-18(17)22-16)21-12-11-15-7-3-2-4-8-15/h2-10,13H,11-12,14H2,1H3,(H,21,22). The van der Waals surface area contributed by atoms with Crippen molar-refractivity contribution in [1.82, 2.24) is 4.98 Å². The number of fused-ring (bicyclic) bond motifs is 1. The van der Waals surface area contributed by atoms with Gasteiger partial charge in [0.1, 0.15) is 0 Å². The van der Waals surface area contributed by atoms with Crippen molar-refractivity contribution < 1.29 is 9.53 Å². The number of carbonyl (C=O) groups is 1. The Hall–Kier alpha value is -2.88. The molecule has 2 aromatic carbocycles. The van der Waals surface area contributed by atoms with Gasteiger partial charge in [0.15, 0.2) is 0 Å². The molecular formula is C20H20N2O2. The molecule has 0 bridgehead atoms.